The van der Waals surface area contributed by atoms with E-state index < -0.39 is 11.2 Å². The number of anilines is 1. The molecule has 1 aliphatic heterocycles. The van der Waals surface area contributed by atoms with Crippen LogP contribution in [-0.2, 0) is 20.1 Å². The van der Waals surface area contributed by atoms with Gasteiger partial charge >= 0.3 is 5.69 Å². The first kappa shape index (κ1) is 21.3. The van der Waals surface area contributed by atoms with E-state index in [2.05, 4.69) is 26.8 Å². The molecule has 0 bridgehead atoms. The maximum Gasteiger partial charge on any atom is 0.332 e. The number of nitriles is 1. The zero-order valence-corrected chi connectivity index (χ0v) is 17.9. The zero-order chi connectivity index (χ0) is 22.8. The maximum absolute atomic E-state index is 13.5. The van der Waals surface area contributed by atoms with Crippen LogP contribution in [0.15, 0.2) is 22.0 Å². The van der Waals surface area contributed by atoms with E-state index in [1.807, 2.05) is 11.0 Å². The summed E-state index contributed by atoms with van der Waals surface area (Å²) in [4.78, 5) is 41.4. The van der Waals surface area contributed by atoms with Crippen LogP contribution in [0.5, 0.6) is 0 Å². The minimum atomic E-state index is -0.551. The Morgan fingerprint density at radius 3 is 2.75 bits per heavy atom. The Bertz CT molecular complexity index is 1400. The molecule has 0 amide bonds. The molecular formula is C21H23N9O2. The van der Waals surface area contributed by atoms with Gasteiger partial charge in [-0.3, -0.25) is 23.5 Å². The highest BCUT2D eigenvalue weighted by Crippen LogP contribution is 2.22. The second-order valence-corrected chi connectivity index (χ2v) is 7.64. The van der Waals surface area contributed by atoms with Gasteiger partial charge in [0.1, 0.15) is 6.07 Å². The van der Waals surface area contributed by atoms with Crippen LogP contribution in [0.4, 0.5) is 5.95 Å². The van der Waals surface area contributed by atoms with Crippen molar-refractivity contribution in [2.75, 3.05) is 18.0 Å². The quantitative estimate of drug-likeness (QED) is 0.546. The van der Waals surface area contributed by atoms with Crippen molar-refractivity contribution in [2.24, 2.45) is 12.8 Å². The fraction of sp³-hybridized carbons (Fsp3) is 0.429. The number of imidazole rings is 1. The Morgan fingerprint density at radius 2 is 2.03 bits per heavy atom. The van der Waals surface area contributed by atoms with Gasteiger partial charge in [0, 0.05) is 38.6 Å². The van der Waals surface area contributed by atoms with E-state index >= 15 is 0 Å². The third-order valence-electron chi connectivity index (χ3n) is 5.55. The third kappa shape index (κ3) is 3.63. The summed E-state index contributed by atoms with van der Waals surface area (Å²) in [6.07, 6.45) is 4.65. The Morgan fingerprint density at radius 1 is 1.25 bits per heavy atom. The van der Waals surface area contributed by atoms with Crippen molar-refractivity contribution in [3.05, 3.63) is 44.6 Å². The van der Waals surface area contributed by atoms with Crippen LogP contribution in [0, 0.1) is 23.2 Å². The van der Waals surface area contributed by atoms with Crippen LogP contribution in [0.3, 0.4) is 0 Å². The van der Waals surface area contributed by atoms with E-state index in [-0.39, 0.29) is 41.7 Å². The largest absolute Gasteiger partial charge is 0.341 e. The van der Waals surface area contributed by atoms with Gasteiger partial charge in [-0.05, 0) is 19.8 Å². The Labute approximate surface area is 183 Å². The lowest BCUT2D eigenvalue weighted by molar-refractivity contribution is 0.496. The summed E-state index contributed by atoms with van der Waals surface area (Å²) in [7, 11) is 1.57. The number of fused-ring (bicyclic) bond motifs is 1. The van der Waals surface area contributed by atoms with Crippen LogP contribution in [0.2, 0.25) is 0 Å². The highest BCUT2D eigenvalue weighted by atomic mass is 16.2. The fourth-order valence-electron chi connectivity index (χ4n) is 3.97. The van der Waals surface area contributed by atoms with Gasteiger partial charge in [0.05, 0.1) is 18.8 Å². The highest BCUT2D eigenvalue weighted by Gasteiger charge is 2.26. The zero-order valence-electron chi connectivity index (χ0n) is 17.9. The van der Waals surface area contributed by atoms with Gasteiger partial charge in [0.15, 0.2) is 16.9 Å². The number of piperidine rings is 1. The van der Waals surface area contributed by atoms with Gasteiger partial charge in [0.25, 0.3) is 5.56 Å². The summed E-state index contributed by atoms with van der Waals surface area (Å²) in [6.45, 7) is 3.16. The topological polar surface area (TPSA) is 141 Å². The molecule has 4 rings (SSSR count). The van der Waals surface area contributed by atoms with Gasteiger partial charge in [-0.25, -0.2) is 9.78 Å². The second-order valence-electron chi connectivity index (χ2n) is 7.64. The SMILES string of the molecule is CC#CCn1c(N2CCC[C@@H](N)C2)nc2c1c(=O)n(Cc1nccnc1C#N)c(=O)n2C. The normalized spacial score (nSPS) is 15.9. The predicted molar refractivity (Wildman–Crippen MR) is 118 cm³/mol. The fourth-order valence-corrected chi connectivity index (χ4v) is 3.97. The molecular weight excluding hydrogens is 410 g/mol. The number of aromatic nitrogens is 6. The van der Waals surface area contributed by atoms with Crippen molar-refractivity contribution in [3.8, 4) is 17.9 Å². The molecule has 164 valence electrons. The van der Waals surface area contributed by atoms with E-state index in [0.29, 0.717) is 12.5 Å². The summed E-state index contributed by atoms with van der Waals surface area (Å²) in [5.74, 6) is 6.42. The molecule has 0 unspecified atom stereocenters. The average Bonchev–Trinajstić information content (AvgIpc) is 3.19. The summed E-state index contributed by atoms with van der Waals surface area (Å²) in [6, 6.07) is 1.95. The molecule has 0 spiro atoms. The standard InChI is InChI=1S/C21H23N9O2/c1-3-4-10-29-17-18(26-20(29)28-9-5-6-14(23)12-28)27(2)21(32)30(19(17)31)13-16-15(11-22)24-7-8-25-16/h7-8,14H,5-6,9-10,12-13,23H2,1-2H3/t14-/m1/s1. The van der Waals surface area contributed by atoms with Crippen molar-refractivity contribution in [1.82, 2.24) is 28.7 Å². The van der Waals surface area contributed by atoms with Crippen LogP contribution < -0.4 is 21.9 Å². The average molecular weight is 433 g/mol. The van der Waals surface area contributed by atoms with Crippen LogP contribution >= 0.6 is 0 Å². The molecule has 0 saturated carbocycles. The Balaban J connectivity index is 1.94. The van der Waals surface area contributed by atoms with E-state index in [9.17, 15) is 14.9 Å². The Hall–Kier alpha value is -3.96. The number of aryl methyl sites for hydroxylation is 1. The Kier molecular flexibility index (Phi) is 5.75. The molecule has 1 atom stereocenters. The molecule has 2 N–H and O–H groups in total. The molecule has 1 fully saturated rings. The molecule has 0 aromatic carbocycles. The summed E-state index contributed by atoms with van der Waals surface area (Å²) < 4.78 is 4.13. The minimum Gasteiger partial charge on any atom is -0.341 e. The molecule has 4 heterocycles. The number of hydrogen-bond acceptors (Lipinski definition) is 8. The third-order valence-corrected chi connectivity index (χ3v) is 5.55. The van der Waals surface area contributed by atoms with Gasteiger partial charge < -0.3 is 10.6 Å². The maximum atomic E-state index is 13.5. The van der Waals surface area contributed by atoms with Crippen molar-refractivity contribution < 1.29 is 0 Å². The van der Waals surface area contributed by atoms with Crippen LogP contribution in [-0.4, -0.2) is 47.8 Å². The van der Waals surface area contributed by atoms with Crippen LogP contribution in [0.25, 0.3) is 11.2 Å². The molecule has 1 saturated heterocycles. The summed E-state index contributed by atoms with van der Waals surface area (Å²) >= 11 is 0. The van der Waals surface area contributed by atoms with Crippen molar-refractivity contribution in [2.45, 2.75) is 38.9 Å². The highest BCUT2D eigenvalue weighted by molar-refractivity contribution is 5.75. The van der Waals surface area contributed by atoms with E-state index in [0.717, 1.165) is 24.0 Å². The number of rotatable bonds is 4. The van der Waals surface area contributed by atoms with Gasteiger partial charge in [0.2, 0.25) is 5.95 Å². The lowest BCUT2D eigenvalue weighted by Gasteiger charge is -2.31. The smallest absolute Gasteiger partial charge is 0.332 e. The molecule has 32 heavy (non-hydrogen) atoms. The lowest BCUT2D eigenvalue weighted by atomic mass is 10.1. The van der Waals surface area contributed by atoms with Gasteiger partial charge in [-0.15, -0.1) is 5.92 Å². The molecule has 0 aliphatic carbocycles. The molecule has 11 nitrogen and oxygen atoms in total. The van der Waals surface area contributed by atoms with E-state index in [4.69, 9.17) is 5.73 Å². The predicted octanol–water partition coefficient (Wildman–Crippen LogP) is -0.443. The number of nitrogens with zero attached hydrogens (tertiary/aromatic N) is 8. The number of nitrogens with two attached hydrogens (primary N) is 1. The molecule has 11 heteroatoms. The molecule has 3 aromatic heterocycles. The molecule has 3 aromatic rings. The number of hydrogen-bond donors (Lipinski definition) is 1. The minimum absolute atomic E-state index is 0.0100. The van der Waals surface area contributed by atoms with Crippen molar-refractivity contribution in [1.29, 1.82) is 5.26 Å². The molecule has 0 radical (unpaired) electrons. The first-order valence-corrected chi connectivity index (χ1v) is 10.3. The summed E-state index contributed by atoms with van der Waals surface area (Å²) in [5.41, 5.74) is 5.95. The van der Waals surface area contributed by atoms with E-state index in [1.165, 1.54) is 17.0 Å². The first-order chi connectivity index (χ1) is 15.5. The van der Waals surface area contributed by atoms with Gasteiger partial charge in [-0.1, -0.05) is 5.92 Å². The lowest BCUT2D eigenvalue weighted by Crippen LogP contribution is -2.44. The van der Waals surface area contributed by atoms with Crippen molar-refractivity contribution >= 4 is 17.1 Å². The first-order valence-electron chi connectivity index (χ1n) is 10.3. The van der Waals surface area contributed by atoms with Crippen LogP contribution in [0.1, 0.15) is 31.2 Å². The molecule has 1 aliphatic rings. The second kappa shape index (κ2) is 8.65. The van der Waals surface area contributed by atoms with Gasteiger partial charge in [-0.2, -0.15) is 10.2 Å². The van der Waals surface area contributed by atoms with Crippen molar-refractivity contribution in [3.63, 3.8) is 0 Å². The summed E-state index contributed by atoms with van der Waals surface area (Å²) in [5, 5.41) is 9.30. The van der Waals surface area contributed by atoms with E-state index in [1.54, 1.807) is 18.5 Å². The monoisotopic (exact) mass is 433 g/mol.